The molecule has 110 valence electrons. The topological polar surface area (TPSA) is 59.9 Å². The summed E-state index contributed by atoms with van der Waals surface area (Å²) in [6, 6.07) is 3.71. The Hall–Kier alpha value is -1.80. The van der Waals surface area contributed by atoms with E-state index in [4.69, 9.17) is 16.3 Å². The lowest BCUT2D eigenvalue weighted by Gasteiger charge is -2.12. The van der Waals surface area contributed by atoms with Crippen molar-refractivity contribution < 1.29 is 27.4 Å². The molecule has 9 heteroatoms. The first kappa shape index (κ1) is 16.3. The summed E-state index contributed by atoms with van der Waals surface area (Å²) in [6.45, 7) is -0.0199. The minimum atomic E-state index is -4.86. The van der Waals surface area contributed by atoms with Gasteiger partial charge in [0.15, 0.2) is 0 Å². The first-order valence-corrected chi connectivity index (χ1v) is 5.55. The summed E-state index contributed by atoms with van der Waals surface area (Å²) < 4.78 is 45.3. The summed E-state index contributed by atoms with van der Waals surface area (Å²) in [5.41, 5.74) is 2.53. The molecular weight excluding hydrogens is 301 g/mol. The fourth-order valence-electron chi connectivity index (χ4n) is 1.31. The van der Waals surface area contributed by atoms with E-state index in [2.05, 4.69) is 9.84 Å². The standard InChI is InChI=1S/C11H10ClF3N2O3/c1-19-5-9(17-16-6-18)7-2-3-8(12)10(4-7)20-11(13,14)15/h2-4,6H,5H2,1H3,(H,16,18)/b17-9+. The van der Waals surface area contributed by atoms with Gasteiger partial charge in [0.1, 0.15) is 5.75 Å². The van der Waals surface area contributed by atoms with Crippen LogP contribution in [0.5, 0.6) is 5.75 Å². The highest BCUT2D eigenvalue weighted by atomic mass is 35.5. The number of nitrogens with one attached hydrogen (secondary N) is 1. The maximum atomic E-state index is 12.2. The lowest BCUT2D eigenvalue weighted by molar-refractivity contribution is -0.274. The van der Waals surface area contributed by atoms with Gasteiger partial charge in [-0.15, -0.1) is 13.2 Å². The molecule has 0 saturated heterocycles. The minimum absolute atomic E-state index is 0.0199. The number of rotatable bonds is 6. The largest absolute Gasteiger partial charge is 0.573 e. The predicted molar refractivity (Wildman–Crippen MR) is 65.7 cm³/mol. The van der Waals surface area contributed by atoms with Gasteiger partial charge in [0.05, 0.1) is 17.3 Å². The Morgan fingerprint density at radius 3 is 2.75 bits per heavy atom. The van der Waals surface area contributed by atoms with Gasteiger partial charge in [0.25, 0.3) is 0 Å². The van der Waals surface area contributed by atoms with Crippen molar-refractivity contribution in [3.63, 3.8) is 0 Å². The molecule has 1 N–H and O–H groups in total. The van der Waals surface area contributed by atoms with Crippen molar-refractivity contribution in [3.05, 3.63) is 28.8 Å². The Morgan fingerprint density at radius 2 is 2.20 bits per heavy atom. The van der Waals surface area contributed by atoms with Crippen molar-refractivity contribution in [2.45, 2.75) is 6.36 Å². The number of amides is 1. The van der Waals surface area contributed by atoms with E-state index in [9.17, 15) is 18.0 Å². The monoisotopic (exact) mass is 310 g/mol. The first-order chi connectivity index (χ1) is 9.37. The van der Waals surface area contributed by atoms with Crippen molar-refractivity contribution in [1.82, 2.24) is 5.43 Å². The summed E-state index contributed by atoms with van der Waals surface area (Å²) in [5.74, 6) is -0.563. The lowest BCUT2D eigenvalue weighted by Crippen LogP contribution is -2.18. The highest BCUT2D eigenvalue weighted by Gasteiger charge is 2.32. The molecular formula is C11H10ClF3N2O3. The third kappa shape index (κ3) is 5.06. The molecule has 1 aromatic carbocycles. The molecule has 20 heavy (non-hydrogen) atoms. The number of methoxy groups -OCH3 is 1. The zero-order valence-corrected chi connectivity index (χ0v) is 11.0. The number of ether oxygens (including phenoxy) is 2. The Morgan fingerprint density at radius 1 is 1.50 bits per heavy atom. The molecule has 1 amide bonds. The Bertz CT molecular complexity index is 506. The van der Waals surface area contributed by atoms with Crippen LogP contribution in [0.15, 0.2) is 23.3 Å². The number of nitrogens with zero attached hydrogens (tertiary/aromatic N) is 1. The van der Waals surface area contributed by atoms with Crippen molar-refractivity contribution in [3.8, 4) is 5.75 Å². The van der Waals surface area contributed by atoms with Gasteiger partial charge >= 0.3 is 6.36 Å². The number of carbonyl (C=O) groups excluding carboxylic acids is 1. The number of alkyl halides is 3. The molecule has 0 saturated carbocycles. The predicted octanol–water partition coefficient (Wildman–Crippen LogP) is 2.34. The number of benzene rings is 1. The molecule has 0 heterocycles. The molecule has 0 aromatic heterocycles. The van der Waals surface area contributed by atoms with Crippen LogP contribution in [0.1, 0.15) is 5.56 Å². The number of carbonyl (C=O) groups is 1. The number of hydrazone groups is 1. The van der Waals surface area contributed by atoms with E-state index in [0.717, 1.165) is 6.07 Å². The number of hydrogen-bond donors (Lipinski definition) is 1. The number of hydrogen-bond acceptors (Lipinski definition) is 4. The highest BCUT2D eigenvalue weighted by Crippen LogP contribution is 2.31. The maximum Gasteiger partial charge on any atom is 0.573 e. The van der Waals surface area contributed by atoms with Crippen LogP contribution in [0.2, 0.25) is 5.02 Å². The Labute approximate surface area is 117 Å². The van der Waals surface area contributed by atoms with E-state index >= 15 is 0 Å². The summed E-state index contributed by atoms with van der Waals surface area (Å²) in [4.78, 5) is 10.2. The van der Waals surface area contributed by atoms with Crippen LogP contribution in [0.25, 0.3) is 0 Å². The van der Waals surface area contributed by atoms with E-state index in [1.165, 1.54) is 19.2 Å². The second kappa shape index (κ2) is 7.11. The fourth-order valence-corrected chi connectivity index (χ4v) is 1.46. The van der Waals surface area contributed by atoms with Crippen LogP contribution in [-0.4, -0.2) is 32.2 Å². The molecule has 0 unspecified atom stereocenters. The third-order valence-corrected chi connectivity index (χ3v) is 2.34. The Balaban J connectivity index is 3.11. The minimum Gasteiger partial charge on any atom is -0.404 e. The van der Waals surface area contributed by atoms with E-state index in [-0.39, 0.29) is 22.9 Å². The van der Waals surface area contributed by atoms with Crippen molar-refractivity contribution >= 4 is 23.7 Å². The molecule has 5 nitrogen and oxygen atoms in total. The molecule has 0 spiro atoms. The van der Waals surface area contributed by atoms with Gasteiger partial charge in [-0.1, -0.05) is 17.7 Å². The van der Waals surface area contributed by atoms with E-state index < -0.39 is 12.1 Å². The molecule has 0 atom stereocenters. The van der Waals surface area contributed by atoms with Gasteiger partial charge < -0.3 is 9.47 Å². The fraction of sp³-hybridized carbons (Fsp3) is 0.273. The van der Waals surface area contributed by atoms with Gasteiger partial charge in [-0.25, -0.2) is 5.43 Å². The molecule has 0 aliphatic rings. The lowest BCUT2D eigenvalue weighted by atomic mass is 10.1. The molecule has 1 rings (SSSR count). The molecule has 0 bridgehead atoms. The van der Waals surface area contributed by atoms with E-state index in [0.29, 0.717) is 6.41 Å². The smallest absolute Gasteiger partial charge is 0.404 e. The number of halogens is 4. The van der Waals surface area contributed by atoms with Gasteiger partial charge in [0, 0.05) is 12.7 Å². The summed E-state index contributed by atoms with van der Waals surface area (Å²) in [7, 11) is 1.37. The molecule has 0 radical (unpaired) electrons. The van der Waals surface area contributed by atoms with E-state index in [1.54, 1.807) is 0 Å². The molecule has 0 fully saturated rings. The average Bonchev–Trinajstić information content (AvgIpc) is 2.35. The van der Waals surface area contributed by atoms with Crippen molar-refractivity contribution in [2.24, 2.45) is 5.10 Å². The third-order valence-electron chi connectivity index (χ3n) is 2.02. The van der Waals surface area contributed by atoms with Crippen molar-refractivity contribution in [1.29, 1.82) is 0 Å². The molecule has 0 aliphatic heterocycles. The van der Waals surface area contributed by atoms with Gasteiger partial charge in [0.2, 0.25) is 6.41 Å². The normalized spacial score (nSPS) is 12.2. The second-order valence-corrected chi connectivity index (χ2v) is 3.84. The van der Waals surface area contributed by atoms with Crippen molar-refractivity contribution in [2.75, 3.05) is 13.7 Å². The van der Waals surface area contributed by atoms with Gasteiger partial charge in [-0.05, 0) is 12.1 Å². The second-order valence-electron chi connectivity index (χ2n) is 3.43. The summed E-state index contributed by atoms with van der Waals surface area (Å²) in [6.07, 6.45) is -4.54. The summed E-state index contributed by atoms with van der Waals surface area (Å²) in [5, 5.41) is 3.46. The zero-order chi connectivity index (χ0) is 15.2. The first-order valence-electron chi connectivity index (χ1n) is 5.17. The van der Waals surface area contributed by atoms with Crippen LogP contribution < -0.4 is 10.2 Å². The summed E-state index contributed by atoms with van der Waals surface area (Å²) >= 11 is 5.62. The quantitative estimate of drug-likeness (QED) is 0.498. The maximum absolute atomic E-state index is 12.2. The van der Waals surface area contributed by atoms with Gasteiger partial charge in [-0.3, -0.25) is 4.79 Å². The van der Waals surface area contributed by atoms with Gasteiger partial charge in [-0.2, -0.15) is 5.10 Å². The average molecular weight is 311 g/mol. The molecule has 0 aliphatic carbocycles. The SMILES string of the molecule is COC/C(=N\NC=O)c1ccc(Cl)c(OC(F)(F)F)c1. The van der Waals surface area contributed by atoms with Crippen LogP contribution >= 0.6 is 11.6 Å². The highest BCUT2D eigenvalue weighted by molar-refractivity contribution is 6.32. The van der Waals surface area contributed by atoms with Crippen LogP contribution in [0, 0.1) is 0 Å². The molecule has 1 aromatic rings. The van der Waals surface area contributed by atoms with Crippen LogP contribution in [-0.2, 0) is 9.53 Å². The van der Waals surface area contributed by atoms with Crippen LogP contribution in [0.3, 0.4) is 0 Å². The van der Waals surface area contributed by atoms with E-state index in [1.807, 2.05) is 5.43 Å². The zero-order valence-electron chi connectivity index (χ0n) is 10.2. The van der Waals surface area contributed by atoms with Crippen LogP contribution in [0.4, 0.5) is 13.2 Å². The Kier molecular flexibility index (Phi) is 5.78.